The summed E-state index contributed by atoms with van der Waals surface area (Å²) in [6, 6.07) is 6.10. The van der Waals surface area contributed by atoms with Gasteiger partial charge in [0, 0.05) is 4.47 Å². The molecule has 1 unspecified atom stereocenters. The number of anilines is 1. The molecule has 8 heteroatoms. The van der Waals surface area contributed by atoms with E-state index < -0.39 is 11.7 Å². The smallest absolute Gasteiger partial charge is 0.419 e. The Labute approximate surface area is 150 Å². The van der Waals surface area contributed by atoms with E-state index in [0.717, 1.165) is 28.1 Å². The van der Waals surface area contributed by atoms with E-state index in [-0.39, 0.29) is 23.3 Å². The third-order valence-electron chi connectivity index (χ3n) is 4.17. The molecule has 0 amide bonds. The van der Waals surface area contributed by atoms with Gasteiger partial charge in [-0.3, -0.25) is 4.79 Å². The summed E-state index contributed by atoms with van der Waals surface area (Å²) in [6.07, 6.45) is -2.95. The molecule has 1 aliphatic carbocycles. The molecule has 0 saturated heterocycles. The maximum absolute atomic E-state index is 13.4. The highest BCUT2D eigenvalue weighted by molar-refractivity contribution is 9.10. The van der Waals surface area contributed by atoms with Crippen molar-refractivity contribution in [1.29, 1.82) is 0 Å². The van der Waals surface area contributed by atoms with Gasteiger partial charge in [-0.1, -0.05) is 28.1 Å². The number of rotatable bonds is 4. The van der Waals surface area contributed by atoms with Crippen LogP contribution in [0.25, 0.3) is 0 Å². The summed E-state index contributed by atoms with van der Waals surface area (Å²) in [4.78, 5) is 14.9. The summed E-state index contributed by atoms with van der Waals surface area (Å²) in [5.41, 5.74) is 0.779. The molecule has 1 aliphatic rings. The van der Waals surface area contributed by atoms with Crippen LogP contribution < -0.4 is 10.1 Å². The number of pyridine rings is 1. The predicted octanol–water partition coefficient (Wildman–Crippen LogP) is 4.78. The van der Waals surface area contributed by atoms with Gasteiger partial charge in [-0.15, -0.1) is 0 Å². The molecule has 1 aromatic carbocycles. The van der Waals surface area contributed by atoms with Crippen LogP contribution in [0.1, 0.15) is 39.5 Å². The average molecular weight is 415 g/mol. The van der Waals surface area contributed by atoms with E-state index in [2.05, 4.69) is 26.2 Å². The number of hydrogen-bond donors (Lipinski definition) is 1. The zero-order valence-electron chi connectivity index (χ0n) is 13.2. The van der Waals surface area contributed by atoms with Gasteiger partial charge < -0.3 is 10.1 Å². The fourth-order valence-corrected chi connectivity index (χ4v) is 3.59. The Morgan fingerprint density at radius 2 is 2.16 bits per heavy atom. The van der Waals surface area contributed by atoms with Crippen molar-refractivity contribution in [3.63, 3.8) is 0 Å². The van der Waals surface area contributed by atoms with E-state index in [1.54, 1.807) is 0 Å². The number of aromatic nitrogens is 1. The first-order chi connectivity index (χ1) is 11.8. The molecule has 0 fully saturated rings. The fraction of sp³-hybridized carbons (Fsp3) is 0.294. The van der Waals surface area contributed by atoms with Crippen LogP contribution in [0.3, 0.4) is 0 Å². The Kier molecular flexibility index (Phi) is 4.73. The van der Waals surface area contributed by atoms with Gasteiger partial charge in [-0.2, -0.15) is 18.2 Å². The van der Waals surface area contributed by atoms with Crippen molar-refractivity contribution in [2.75, 3.05) is 12.4 Å². The van der Waals surface area contributed by atoms with E-state index in [1.807, 2.05) is 18.2 Å². The van der Waals surface area contributed by atoms with Gasteiger partial charge in [0.25, 0.3) is 0 Å². The lowest BCUT2D eigenvalue weighted by atomic mass is 10.1. The molecular formula is C17H14BrF3N2O2. The predicted molar refractivity (Wildman–Crippen MR) is 90.0 cm³/mol. The molecule has 0 radical (unpaired) electrons. The largest absolute Gasteiger partial charge is 0.480 e. The van der Waals surface area contributed by atoms with Crippen molar-refractivity contribution >= 4 is 28.0 Å². The third-order valence-corrected chi connectivity index (χ3v) is 4.91. The van der Waals surface area contributed by atoms with Crippen molar-refractivity contribution in [3.05, 3.63) is 51.0 Å². The second kappa shape index (κ2) is 6.67. The minimum Gasteiger partial charge on any atom is -0.480 e. The monoisotopic (exact) mass is 414 g/mol. The molecule has 0 bridgehead atoms. The molecule has 1 atom stereocenters. The summed E-state index contributed by atoms with van der Waals surface area (Å²) in [7, 11) is 1.26. The number of carbonyl (C=O) groups excluding carboxylic acids is 1. The topological polar surface area (TPSA) is 51.2 Å². The summed E-state index contributed by atoms with van der Waals surface area (Å²) in [5, 5.41) is 2.88. The molecule has 1 N–H and O–H groups in total. The van der Waals surface area contributed by atoms with Gasteiger partial charge in [0.15, 0.2) is 6.29 Å². The Hall–Kier alpha value is -2.09. The Morgan fingerprint density at radius 1 is 1.40 bits per heavy atom. The molecule has 4 nitrogen and oxygen atoms in total. The van der Waals surface area contributed by atoms with E-state index in [0.29, 0.717) is 12.7 Å². The molecule has 0 aliphatic heterocycles. The number of alkyl halides is 3. The van der Waals surface area contributed by atoms with Gasteiger partial charge in [0.1, 0.15) is 5.82 Å². The first-order valence-electron chi connectivity index (χ1n) is 7.50. The molecule has 2 aromatic rings. The number of carbonyl (C=O) groups is 1. The quantitative estimate of drug-likeness (QED) is 0.731. The Balaban J connectivity index is 2.03. The zero-order chi connectivity index (χ0) is 18.2. The average Bonchev–Trinajstić information content (AvgIpc) is 2.98. The van der Waals surface area contributed by atoms with Crippen LogP contribution in [0.5, 0.6) is 5.88 Å². The van der Waals surface area contributed by atoms with Crippen molar-refractivity contribution in [3.8, 4) is 5.88 Å². The lowest BCUT2D eigenvalue weighted by Gasteiger charge is -2.20. The first kappa shape index (κ1) is 17.7. The fourth-order valence-electron chi connectivity index (χ4n) is 3.01. The van der Waals surface area contributed by atoms with Crippen LogP contribution in [-0.2, 0) is 12.6 Å². The van der Waals surface area contributed by atoms with Gasteiger partial charge in [0.2, 0.25) is 5.88 Å². The van der Waals surface area contributed by atoms with Gasteiger partial charge >= 0.3 is 6.18 Å². The number of hydrogen-bond acceptors (Lipinski definition) is 4. The van der Waals surface area contributed by atoms with Crippen LogP contribution in [0.15, 0.2) is 28.7 Å². The summed E-state index contributed by atoms with van der Waals surface area (Å²) in [5.74, 6) is -0.481. The summed E-state index contributed by atoms with van der Waals surface area (Å²) >= 11 is 3.47. The number of nitrogens with one attached hydrogen (secondary N) is 1. The number of methoxy groups -OCH3 is 1. The molecule has 0 spiro atoms. The van der Waals surface area contributed by atoms with Crippen molar-refractivity contribution < 1.29 is 22.7 Å². The Morgan fingerprint density at radius 3 is 2.80 bits per heavy atom. The van der Waals surface area contributed by atoms with Crippen LogP contribution in [0, 0.1) is 0 Å². The maximum Gasteiger partial charge on any atom is 0.419 e. The zero-order valence-corrected chi connectivity index (χ0v) is 14.7. The van der Waals surface area contributed by atoms with Gasteiger partial charge in [0.05, 0.1) is 24.3 Å². The standard InChI is InChI=1S/C17H14BrF3N2O2/c1-25-16-9(8-24)7-12(17(19,20)21)15(23-16)22-14-6-5-10-11(14)3-2-4-13(10)18/h2-4,7-8,14H,5-6H2,1H3,(H,22,23). The van der Waals surface area contributed by atoms with Crippen molar-refractivity contribution in [2.24, 2.45) is 0 Å². The number of benzene rings is 1. The highest BCUT2D eigenvalue weighted by Crippen LogP contribution is 2.41. The molecular weight excluding hydrogens is 401 g/mol. The van der Waals surface area contributed by atoms with E-state index in [1.165, 1.54) is 7.11 Å². The summed E-state index contributed by atoms with van der Waals surface area (Å²) in [6.45, 7) is 0. The number of fused-ring (bicyclic) bond motifs is 1. The number of ether oxygens (including phenoxy) is 1. The van der Waals surface area contributed by atoms with Crippen molar-refractivity contribution in [2.45, 2.75) is 25.1 Å². The molecule has 25 heavy (non-hydrogen) atoms. The highest BCUT2D eigenvalue weighted by Gasteiger charge is 2.37. The van der Waals surface area contributed by atoms with E-state index in [4.69, 9.17) is 4.74 Å². The second-order valence-corrected chi connectivity index (χ2v) is 6.50. The minimum atomic E-state index is -4.64. The Bertz CT molecular complexity index is 824. The molecule has 1 heterocycles. The maximum atomic E-state index is 13.4. The van der Waals surface area contributed by atoms with Crippen LogP contribution in [0.2, 0.25) is 0 Å². The number of nitrogens with zero attached hydrogens (tertiary/aromatic N) is 1. The lowest BCUT2D eigenvalue weighted by molar-refractivity contribution is -0.137. The second-order valence-electron chi connectivity index (χ2n) is 5.64. The normalized spacial score (nSPS) is 16.4. The number of halogens is 4. The van der Waals surface area contributed by atoms with Crippen LogP contribution in [-0.4, -0.2) is 18.4 Å². The molecule has 132 valence electrons. The van der Waals surface area contributed by atoms with Crippen LogP contribution >= 0.6 is 15.9 Å². The molecule has 3 rings (SSSR count). The lowest BCUT2D eigenvalue weighted by Crippen LogP contribution is -2.16. The van der Waals surface area contributed by atoms with Crippen molar-refractivity contribution in [1.82, 2.24) is 4.98 Å². The molecule has 0 saturated carbocycles. The molecule has 1 aromatic heterocycles. The van der Waals surface area contributed by atoms with Gasteiger partial charge in [-0.25, -0.2) is 0 Å². The summed E-state index contributed by atoms with van der Waals surface area (Å²) < 4.78 is 46.0. The highest BCUT2D eigenvalue weighted by atomic mass is 79.9. The van der Waals surface area contributed by atoms with E-state index >= 15 is 0 Å². The third kappa shape index (κ3) is 3.35. The van der Waals surface area contributed by atoms with E-state index in [9.17, 15) is 18.0 Å². The van der Waals surface area contributed by atoms with Gasteiger partial charge in [-0.05, 0) is 36.1 Å². The first-order valence-corrected chi connectivity index (χ1v) is 8.29. The minimum absolute atomic E-state index is 0.141. The SMILES string of the molecule is COc1nc(NC2CCc3c(Br)cccc32)c(C(F)(F)F)cc1C=O. The van der Waals surface area contributed by atoms with Crippen LogP contribution in [0.4, 0.5) is 19.0 Å². The number of aldehydes is 1.